The van der Waals surface area contributed by atoms with Gasteiger partial charge in [-0.05, 0) is 26.7 Å². The van der Waals surface area contributed by atoms with E-state index in [1.165, 1.54) is 0 Å². The first-order chi connectivity index (χ1) is 4.14. The lowest BCUT2D eigenvalue weighted by Gasteiger charge is -2.17. The molecule has 0 aromatic heterocycles. The number of hydrogen-bond acceptors (Lipinski definition) is 2. The van der Waals surface area contributed by atoms with E-state index in [2.05, 4.69) is 13.8 Å². The second-order valence-corrected chi connectivity index (χ2v) is 3.27. The maximum absolute atomic E-state index is 5.57. The summed E-state index contributed by atoms with van der Waals surface area (Å²) in [5.41, 5.74) is 5.52. The summed E-state index contributed by atoms with van der Waals surface area (Å²) in [6.07, 6.45) is 2.60. The maximum atomic E-state index is 5.57. The molecule has 2 heteroatoms. The molecule has 0 aliphatic carbocycles. The average Bonchev–Trinajstić information content (AvgIpc) is 2.10. The molecule has 0 aromatic rings. The molecule has 1 atom stereocenters. The number of nitrogens with two attached hydrogens (primary N) is 1. The van der Waals surface area contributed by atoms with Gasteiger partial charge >= 0.3 is 0 Å². The van der Waals surface area contributed by atoms with E-state index >= 15 is 0 Å². The molecular weight excluding hydrogens is 114 g/mol. The number of hydrogen-bond donors (Lipinski definition) is 1. The van der Waals surface area contributed by atoms with Gasteiger partial charge in [0.1, 0.15) is 0 Å². The number of ether oxygens (including phenoxy) is 1. The lowest BCUT2D eigenvalue weighted by atomic mass is 10.1. The molecule has 9 heavy (non-hydrogen) atoms. The molecule has 1 fully saturated rings. The van der Waals surface area contributed by atoms with Crippen LogP contribution in [0.4, 0.5) is 0 Å². The summed E-state index contributed by atoms with van der Waals surface area (Å²) in [7, 11) is 0. The molecule has 0 unspecified atom stereocenters. The molecule has 0 aromatic carbocycles. The molecule has 0 amide bonds. The molecule has 0 spiro atoms. The van der Waals surface area contributed by atoms with Crippen LogP contribution in [0.2, 0.25) is 0 Å². The summed E-state index contributed by atoms with van der Waals surface area (Å²) >= 11 is 0. The fraction of sp³-hybridized carbons (Fsp3) is 1.00. The zero-order chi connectivity index (χ0) is 6.91. The third-order valence-electron chi connectivity index (χ3n) is 1.82. The standard InChI is InChI=1S/C7H15NO/c1-7(2)4-3-6(5-8)9-7/h6H,3-5,8H2,1-2H3/t6-/m0/s1. The van der Waals surface area contributed by atoms with Gasteiger partial charge in [-0.1, -0.05) is 0 Å². The Hall–Kier alpha value is -0.0800. The Morgan fingerprint density at radius 3 is 2.56 bits per heavy atom. The highest BCUT2D eigenvalue weighted by molar-refractivity contribution is 4.80. The first-order valence-corrected chi connectivity index (χ1v) is 3.52. The monoisotopic (exact) mass is 129 g/mol. The van der Waals surface area contributed by atoms with Crippen LogP contribution in [-0.2, 0) is 4.74 Å². The summed E-state index contributed by atoms with van der Waals surface area (Å²) in [4.78, 5) is 0. The van der Waals surface area contributed by atoms with E-state index in [-0.39, 0.29) is 5.60 Å². The quantitative estimate of drug-likeness (QED) is 0.571. The predicted molar refractivity (Wildman–Crippen MR) is 37.2 cm³/mol. The Morgan fingerprint density at radius 1 is 1.67 bits per heavy atom. The molecule has 0 saturated carbocycles. The molecule has 1 aliphatic heterocycles. The van der Waals surface area contributed by atoms with E-state index in [1.807, 2.05) is 0 Å². The van der Waals surface area contributed by atoms with Crippen LogP contribution in [0.5, 0.6) is 0 Å². The summed E-state index contributed by atoms with van der Waals surface area (Å²) in [6.45, 7) is 4.90. The van der Waals surface area contributed by atoms with Gasteiger partial charge in [-0.15, -0.1) is 0 Å². The minimum Gasteiger partial charge on any atom is -0.371 e. The Kier molecular flexibility index (Phi) is 1.78. The highest BCUT2D eigenvalue weighted by Crippen LogP contribution is 2.28. The molecule has 1 saturated heterocycles. The summed E-state index contributed by atoms with van der Waals surface area (Å²) in [5.74, 6) is 0. The highest BCUT2D eigenvalue weighted by atomic mass is 16.5. The van der Waals surface area contributed by atoms with E-state index < -0.39 is 0 Å². The molecule has 0 bridgehead atoms. The van der Waals surface area contributed by atoms with Crippen LogP contribution in [0.25, 0.3) is 0 Å². The van der Waals surface area contributed by atoms with Crippen molar-refractivity contribution in [2.75, 3.05) is 6.54 Å². The van der Waals surface area contributed by atoms with Gasteiger partial charge in [-0.2, -0.15) is 0 Å². The highest BCUT2D eigenvalue weighted by Gasteiger charge is 2.30. The second-order valence-electron chi connectivity index (χ2n) is 3.27. The van der Waals surface area contributed by atoms with Crippen LogP contribution in [0.1, 0.15) is 26.7 Å². The van der Waals surface area contributed by atoms with Gasteiger partial charge in [-0.3, -0.25) is 0 Å². The SMILES string of the molecule is CC1(C)CC[C@@H](CN)O1. The Morgan fingerprint density at radius 2 is 2.33 bits per heavy atom. The molecular formula is C7H15NO. The van der Waals surface area contributed by atoms with E-state index in [0.717, 1.165) is 12.8 Å². The summed E-state index contributed by atoms with van der Waals surface area (Å²) in [5, 5.41) is 0. The Labute approximate surface area is 56.4 Å². The van der Waals surface area contributed by atoms with Crippen LogP contribution in [0, 0.1) is 0 Å². The fourth-order valence-corrected chi connectivity index (χ4v) is 1.24. The minimum atomic E-state index is 0.0873. The molecule has 1 heterocycles. The molecule has 1 aliphatic rings. The van der Waals surface area contributed by atoms with Gasteiger partial charge in [0.25, 0.3) is 0 Å². The van der Waals surface area contributed by atoms with Gasteiger partial charge in [-0.25, -0.2) is 0 Å². The molecule has 1 rings (SSSR count). The largest absolute Gasteiger partial charge is 0.371 e. The van der Waals surface area contributed by atoms with Crippen LogP contribution in [-0.4, -0.2) is 18.2 Å². The van der Waals surface area contributed by atoms with Crippen molar-refractivity contribution >= 4 is 0 Å². The van der Waals surface area contributed by atoms with Gasteiger partial charge in [0.05, 0.1) is 11.7 Å². The lowest BCUT2D eigenvalue weighted by molar-refractivity contribution is -0.0108. The molecule has 0 radical (unpaired) electrons. The van der Waals surface area contributed by atoms with Gasteiger partial charge in [0.2, 0.25) is 0 Å². The first-order valence-electron chi connectivity index (χ1n) is 3.52. The van der Waals surface area contributed by atoms with Crippen LogP contribution >= 0.6 is 0 Å². The fourth-order valence-electron chi connectivity index (χ4n) is 1.24. The van der Waals surface area contributed by atoms with Crippen molar-refractivity contribution in [3.8, 4) is 0 Å². The van der Waals surface area contributed by atoms with Crippen molar-refractivity contribution < 1.29 is 4.74 Å². The van der Waals surface area contributed by atoms with E-state index in [4.69, 9.17) is 10.5 Å². The van der Waals surface area contributed by atoms with Crippen LogP contribution < -0.4 is 5.73 Å². The van der Waals surface area contributed by atoms with Crippen LogP contribution in [0.3, 0.4) is 0 Å². The Balaban J connectivity index is 2.38. The number of rotatable bonds is 1. The third kappa shape index (κ3) is 1.66. The van der Waals surface area contributed by atoms with Crippen molar-refractivity contribution in [3.05, 3.63) is 0 Å². The summed E-state index contributed by atoms with van der Waals surface area (Å²) in [6, 6.07) is 0. The first kappa shape index (κ1) is 7.03. The van der Waals surface area contributed by atoms with Crippen molar-refractivity contribution in [3.63, 3.8) is 0 Å². The topological polar surface area (TPSA) is 35.2 Å². The summed E-state index contributed by atoms with van der Waals surface area (Å²) < 4.78 is 5.57. The van der Waals surface area contributed by atoms with Crippen molar-refractivity contribution in [2.45, 2.75) is 38.4 Å². The average molecular weight is 129 g/mol. The van der Waals surface area contributed by atoms with E-state index in [0.29, 0.717) is 12.6 Å². The zero-order valence-electron chi connectivity index (χ0n) is 6.18. The van der Waals surface area contributed by atoms with Gasteiger partial charge in [0.15, 0.2) is 0 Å². The maximum Gasteiger partial charge on any atom is 0.0705 e. The Bertz CT molecular complexity index is 101. The van der Waals surface area contributed by atoms with E-state index in [9.17, 15) is 0 Å². The normalized spacial score (nSPS) is 33.0. The molecule has 54 valence electrons. The smallest absolute Gasteiger partial charge is 0.0705 e. The van der Waals surface area contributed by atoms with Gasteiger partial charge in [0, 0.05) is 6.54 Å². The second kappa shape index (κ2) is 2.27. The minimum absolute atomic E-state index is 0.0873. The third-order valence-corrected chi connectivity index (χ3v) is 1.82. The van der Waals surface area contributed by atoms with Gasteiger partial charge < -0.3 is 10.5 Å². The van der Waals surface area contributed by atoms with Crippen molar-refractivity contribution in [1.82, 2.24) is 0 Å². The van der Waals surface area contributed by atoms with Crippen molar-refractivity contribution in [2.24, 2.45) is 5.73 Å². The molecule has 2 nitrogen and oxygen atoms in total. The lowest BCUT2D eigenvalue weighted by Crippen LogP contribution is -2.24. The zero-order valence-corrected chi connectivity index (χ0v) is 6.18. The van der Waals surface area contributed by atoms with E-state index in [1.54, 1.807) is 0 Å². The predicted octanol–water partition coefficient (Wildman–Crippen LogP) is 0.903. The van der Waals surface area contributed by atoms with Crippen molar-refractivity contribution in [1.29, 1.82) is 0 Å². The van der Waals surface area contributed by atoms with Crippen LogP contribution in [0.15, 0.2) is 0 Å². The molecule has 2 N–H and O–H groups in total.